The Balaban J connectivity index is 1.88. The fourth-order valence-electron chi connectivity index (χ4n) is 2.46. The molecule has 0 aromatic heterocycles. The van der Waals surface area contributed by atoms with E-state index >= 15 is 0 Å². The van der Waals surface area contributed by atoms with Gasteiger partial charge in [-0.15, -0.1) is 0 Å². The van der Waals surface area contributed by atoms with Crippen molar-refractivity contribution in [3.05, 3.63) is 12.2 Å². The fraction of sp³-hybridized carbons (Fsp3) is 0.789. The highest BCUT2D eigenvalue weighted by atomic mass is 16.5. The summed E-state index contributed by atoms with van der Waals surface area (Å²) in [7, 11) is 0. The first kappa shape index (κ1) is 19.7. The molecule has 0 aliphatic heterocycles. The SMILES string of the molecule is CCCCCCCCCCCOC(=O)/C=C/C(=O)OC1CCC1. The maximum absolute atomic E-state index is 11.4. The minimum Gasteiger partial charge on any atom is -0.463 e. The van der Waals surface area contributed by atoms with E-state index in [9.17, 15) is 9.59 Å². The van der Waals surface area contributed by atoms with E-state index in [-0.39, 0.29) is 6.10 Å². The first-order valence-electron chi connectivity index (χ1n) is 9.28. The molecule has 0 unspecified atom stereocenters. The zero-order chi connectivity index (χ0) is 16.8. The Morgan fingerprint density at radius 2 is 1.43 bits per heavy atom. The molecule has 4 heteroatoms. The van der Waals surface area contributed by atoms with Gasteiger partial charge in [0.05, 0.1) is 6.61 Å². The van der Waals surface area contributed by atoms with Crippen molar-refractivity contribution in [3.8, 4) is 0 Å². The molecule has 0 radical (unpaired) electrons. The summed E-state index contributed by atoms with van der Waals surface area (Å²) in [6, 6.07) is 0. The Morgan fingerprint density at radius 1 is 0.870 bits per heavy atom. The molecule has 0 bridgehead atoms. The van der Waals surface area contributed by atoms with Crippen LogP contribution in [-0.4, -0.2) is 24.6 Å². The van der Waals surface area contributed by atoms with Crippen molar-refractivity contribution in [2.45, 2.75) is 90.1 Å². The number of unbranched alkanes of at least 4 members (excludes halogenated alkanes) is 8. The minimum absolute atomic E-state index is 0.0464. The Bertz CT molecular complexity index is 358. The number of hydrogen-bond acceptors (Lipinski definition) is 4. The zero-order valence-electron chi connectivity index (χ0n) is 14.6. The second-order valence-corrected chi connectivity index (χ2v) is 6.32. The first-order chi connectivity index (χ1) is 11.2. The Kier molecular flexibility index (Phi) is 11.3. The summed E-state index contributed by atoms with van der Waals surface area (Å²) < 4.78 is 10.2. The lowest BCUT2D eigenvalue weighted by Crippen LogP contribution is -2.24. The van der Waals surface area contributed by atoms with E-state index in [1.54, 1.807) is 0 Å². The van der Waals surface area contributed by atoms with Crippen molar-refractivity contribution in [1.29, 1.82) is 0 Å². The molecule has 1 aliphatic rings. The van der Waals surface area contributed by atoms with Gasteiger partial charge in [0.2, 0.25) is 0 Å². The molecule has 132 valence electrons. The molecular weight excluding hydrogens is 292 g/mol. The molecule has 0 N–H and O–H groups in total. The number of ether oxygens (including phenoxy) is 2. The standard InChI is InChI=1S/C19H32O4/c1-2-3-4-5-6-7-8-9-10-16-22-18(20)14-15-19(21)23-17-12-11-13-17/h14-15,17H,2-13,16H2,1H3/b15-14+. The lowest BCUT2D eigenvalue weighted by Gasteiger charge is -2.24. The Morgan fingerprint density at radius 3 is 2.00 bits per heavy atom. The normalized spacial score (nSPS) is 14.7. The number of esters is 2. The molecule has 0 spiro atoms. The summed E-state index contributed by atoms with van der Waals surface area (Å²) in [5.74, 6) is -0.912. The van der Waals surface area contributed by atoms with E-state index in [0.717, 1.165) is 44.3 Å². The molecule has 1 saturated carbocycles. The Labute approximate surface area is 140 Å². The average molecular weight is 324 g/mol. The monoisotopic (exact) mass is 324 g/mol. The van der Waals surface area contributed by atoms with Gasteiger partial charge >= 0.3 is 11.9 Å². The van der Waals surface area contributed by atoms with E-state index in [0.29, 0.717) is 6.61 Å². The molecule has 0 atom stereocenters. The van der Waals surface area contributed by atoms with Crippen LogP contribution in [0.2, 0.25) is 0 Å². The van der Waals surface area contributed by atoms with E-state index in [4.69, 9.17) is 9.47 Å². The molecule has 0 heterocycles. The van der Waals surface area contributed by atoms with Gasteiger partial charge in [-0.25, -0.2) is 9.59 Å². The molecular formula is C19H32O4. The predicted molar refractivity (Wildman–Crippen MR) is 91.1 cm³/mol. The molecule has 0 saturated heterocycles. The van der Waals surface area contributed by atoms with Crippen LogP contribution in [0.4, 0.5) is 0 Å². The molecule has 0 amide bonds. The highest BCUT2D eigenvalue weighted by molar-refractivity contribution is 5.91. The van der Waals surface area contributed by atoms with Crippen molar-refractivity contribution < 1.29 is 19.1 Å². The smallest absolute Gasteiger partial charge is 0.331 e. The van der Waals surface area contributed by atoms with Crippen LogP contribution in [0, 0.1) is 0 Å². The second-order valence-electron chi connectivity index (χ2n) is 6.32. The van der Waals surface area contributed by atoms with Crippen LogP contribution >= 0.6 is 0 Å². The maximum Gasteiger partial charge on any atom is 0.331 e. The van der Waals surface area contributed by atoms with Gasteiger partial charge in [-0.3, -0.25) is 0 Å². The van der Waals surface area contributed by atoms with E-state index in [1.807, 2.05) is 0 Å². The third-order valence-electron chi connectivity index (χ3n) is 4.18. The Hall–Kier alpha value is -1.32. The summed E-state index contributed by atoms with van der Waals surface area (Å²) in [6.07, 6.45) is 16.4. The minimum atomic E-state index is -0.463. The quantitative estimate of drug-likeness (QED) is 0.280. The van der Waals surface area contributed by atoms with Gasteiger partial charge in [0.25, 0.3) is 0 Å². The van der Waals surface area contributed by atoms with Crippen LogP contribution in [0.5, 0.6) is 0 Å². The topological polar surface area (TPSA) is 52.6 Å². The molecule has 1 fully saturated rings. The van der Waals surface area contributed by atoms with Crippen molar-refractivity contribution in [3.63, 3.8) is 0 Å². The zero-order valence-corrected chi connectivity index (χ0v) is 14.6. The van der Waals surface area contributed by atoms with Crippen LogP contribution in [0.15, 0.2) is 12.2 Å². The van der Waals surface area contributed by atoms with Gasteiger partial charge in [0.15, 0.2) is 0 Å². The van der Waals surface area contributed by atoms with Gasteiger partial charge in [-0.05, 0) is 25.7 Å². The molecule has 1 rings (SSSR count). The summed E-state index contributed by atoms with van der Waals surface area (Å²) in [6.45, 7) is 2.66. The van der Waals surface area contributed by atoms with Crippen LogP contribution in [0.3, 0.4) is 0 Å². The van der Waals surface area contributed by atoms with Gasteiger partial charge in [-0.1, -0.05) is 58.3 Å². The third kappa shape index (κ3) is 10.9. The molecule has 0 aromatic carbocycles. The number of carbonyl (C=O) groups is 2. The van der Waals surface area contributed by atoms with Crippen molar-refractivity contribution in [1.82, 2.24) is 0 Å². The van der Waals surface area contributed by atoms with E-state index < -0.39 is 11.9 Å². The van der Waals surface area contributed by atoms with Crippen LogP contribution in [0.25, 0.3) is 0 Å². The van der Waals surface area contributed by atoms with Crippen LogP contribution in [0.1, 0.15) is 84.0 Å². The highest BCUT2D eigenvalue weighted by Gasteiger charge is 2.20. The second kappa shape index (κ2) is 13.1. The van der Waals surface area contributed by atoms with Crippen LogP contribution < -0.4 is 0 Å². The number of hydrogen-bond donors (Lipinski definition) is 0. The molecule has 4 nitrogen and oxygen atoms in total. The van der Waals surface area contributed by atoms with Crippen LogP contribution in [-0.2, 0) is 19.1 Å². The van der Waals surface area contributed by atoms with Gasteiger partial charge in [0.1, 0.15) is 6.10 Å². The third-order valence-corrected chi connectivity index (χ3v) is 4.18. The van der Waals surface area contributed by atoms with E-state index in [2.05, 4.69) is 6.92 Å². The average Bonchev–Trinajstić information content (AvgIpc) is 2.50. The largest absolute Gasteiger partial charge is 0.463 e. The lowest BCUT2D eigenvalue weighted by atomic mass is 9.96. The lowest BCUT2D eigenvalue weighted by molar-refractivity contribution is -0.147. The molecule has 0 aromatic rings. The van der Waals surface area contributed by atoms with Gasteiger partial charge in [-0.2, -0.15) is 0 Å². The molecule has 23 heavy (non-hydrogen) atoms. The summed E-state index contributed by atoms with van der Waals surface area (Å²) in [5, 5.41) is 0. The van der Waals surface area contributed by atoms with Gasteiger partial charge < -0.3 is 9.47 Å². The first-order valence-corrected chi connectivity index (χ1v) is 9.28. The molecule has 1 aliphatic carbocycles. The maximum atomic E-state index is 11.4. The summed E-state index contributed by atoms with van der Waals surface area (Å²) in [5.41, 5.74) is 0. The summed E-state index contributed by atoms with van der Waals surface area (Å²) >= 11 is 0. The number of carbonyl (C=O) groups excluding carboxylic acids is 2. The van der Waals surface area contributed by atoms with E-state index in [1.165, 1.54) is 44.9 Å². The highest BCUT2D eigenvalue weighted by Crippen LogP contribution is 2.21. The predicted octanol–water partition coefficient (Wildman–Crippen LogP) is 4.71. The van der Waals surface area contributed by atoms with Crippen molar-refractivity contribution in [2.24, 2.45) is 0 Å². The fourth-order valence-corrected chi connectivity index (χ4v) is 2.46. The van der Waals surface area contributed by atoms with Crippen molar-refractivity contribution >= 4 is 11.9 Å². The number of rotatable bonds is 13. The van der Waals surface area contributed by atoms with Crippen molar-refractivity contribution in [2.75, 3.05) is 6.61 Å². The van der Waals surface area contributed by atoms with Gasteiger partial charge in [0, 0.05) is 12.2 Å². The summed E-state index contributed by atoms with van der Waals surface area (Å²) in [4.78, 5) is 22.8.